The monoisotopic (exact) mass is 348 g/mol. The molecule has 0 bridgehead atoms. The zero-order chi connectivity index (χ0) is 18.3. The van der Waals surface area contributed by atoms with Crippen molar-refractivity contribution >= 4 is 22.9 Å². The van der Waals surface area contributed by atoms with Gasteiger partial charge in [-0.25, -0.2) is 4.98 Å². The summed E-state index contributed by atoms with van der Waals surface area (Å²) in [6, 6.07) is 12.1. The molecule has 2 heterocycles. The fourth-order valence-electron chi connectivity index (χ4n) is 3.62. The maximum atomic E-state index is 12.8. The van der Waals surface area contributed by atoms with Gasteiger partial charge in [-0.15, -0.1) is 0 Å². The molecule has 4 rings (SSSR count). The molecule has 2 aromatic heterocycles. The summed E-state index contributed by atoms with van der Waals surface area (Å²) in [5.41, 5.74) is 6.45. The number of anilines is 2. The number of amides is 1. The highest BCUT2D eigenvalue weighted by Gasteiger charge is 2.28. The van der Waals surface area contributed by atoms with Crippen LogP contribution in [-0.4, -0.2) is 29.4 Å². The van der Waals surface area contributed by atoms with Gasteiger partial charge in [-0.3, -0.25) is 4.79 Å². The lowest BCUT2D eigenvalue weighted by Gasteiger charge is -2.21. The van der Waals surface area contributed by atoms with E-state index in [1.165, 1.54) is 11.3 Å². The van der Waals surface area contributed by atoms with Crippen LogP contribution < -0.4 is 10.2 Å². The van der Waals surface area contributed by atoms with Crippen LogP contribution >= 0.6 is 0 Å². The predicted molar refractivity (Wildman–Crippen MR) is 105 cm³/mol. The van der Waals surface area contributed by atoms with Crippen LogP contribution in [0.4, 0.5) is 11.4 Å². The molecule has 1 unspecified atom stereocenters. The van der Waals surface area contributed by atoms with Crippen LogP contribution in [0.1, 0.15) is 23.4 Å². The van der Waals surface area contributed by atoms with Gasteiger partial charge < -0.3 is 14.6 Å². The Morgan fingerprint density at radius 1 is 1.19 bits per heavy atom. The first-order valence-electron chi connectivity index (χ1n) is 9.06. The number of hydrogen-bond acceptors (Lipinski definition) is 3. The lowest BCUT2D eigenvalue weighted by molar-refractivity contribution is -0.120. The molecule has 1 aliphatic carbocycles. The van der Waals surface area contributed by atoms with Crippen LogP contribution in [0.2, 0.25) is 0 Å². The minimum atomic E-state index is -0.0172. The van der Waals surface area contributed by atoms with Crippen molar-refractivity contribution in [2.45, 2.75) is 26.2 Å². The summed E-state index contributed by atoms with van der Waals surface area (Å²) in [6.07, 6.45) is 4.55. The minimum absolute atomic E-state index is 0.0172. The van der Waals surface area contributed by atoms with Crippen molar-refractivity contribution in [3.05, 3.63) is 59.5 Å². The van der Waals surface area contributed by atoms with Crippen molar-refractivity contribution in [2.75, 3.05) is 24.3 Å². The first-order valence-corrected chi connectivity index (χ1v) is 9.06. The number of nitrogens with zero attached hydrogens (tertiary/aromatic N) is 3. The first-order chi connectivity index (χ1) is 12.5. The van der Waals surface area contributed by atoms with Gasteiger partial charge >= 0.3 is 0 Å². The van der Waals surface area contributed by atoms with Crippen molar-refractivity contribution in [3.63, 3.8) is 0 Å². The summed E-state index contributed by atoms with van der Waals surface area (Å²) in [5.74, 6) is 0.0762. The lowest BCUT2D eigenvalue weighted by atomic mass is 9.89. The topological polar surface area (TPSA) is 49.6 Å². The molecule has 0 saturated heterocycles. The van der Waals surface area contributed by atoms with E-state index >= 15 is 0 Å². The van der Waals surface area contributed by atoms with E-state index in [2.05, 4.69) is 35.0 Å². The average molecular weight is 348 g/mol. The molecule has 1 aliphatic rings. The van der Waals surface area contributed by atoms with Crippen LogP contribution in [-0.2, 0) is 17.6 Å². The summed E-state index contributed by atoms with van der Waals surface area (Å²) in [6.45, 7) is 2.08. The number of nitrogens with one attached hydrogen (secondary N) is 1. The summed E-state index contributed by atoms with van der Waals surface area (Å²) >= 11 is 0. The van der Waals surface area contributed by atoms with E-state index in [1.54, 1.807) is 0 Å². The number of fused-ring (bicyclic) bond motifs is 3. The summed E-state index contributed by atoms with van der Waals surface area (Å²) < 4.78 is 2.15. The molecule has 134 valence electrons. The van der Waals surface area contributed by atoms with E-state index in [1.807, 2.05) is 43.3 Å². The zero-order valence-corrected chi connectivity index (χ0v) is 15.5. The minimum Gasteiger partial charge on any atom is -0.378 e. The Hall–Kier alpha value is -2.82. The molecule has 26 heavy (non-hydrogen) atoms. The Labute approximate surface area is 153 Å². The van der Waals surface area contributed by atoms with Gasteiger partial charge in [0.05, 0.1) is 5.69 Å². The van der Waals surface area contributed by atoms with Crippen molar-refractivity contribution in [3.8, 4) is 0 Å². The molecule has 0 aliphatic heterocycles. The molecule has 5 heteroatoms. The SMILES string of the molecule is Cc1ccc2nc3c(n2c1)CC(C(=O)Nc1ccc(N(C)C)cc1)CC3. The third-order valence-corrected chi connectivity index (χ3v) is 5.14. The van der Waals surface area contributed by atoms with Crippen molar-refractivity contribution < 1.29 is 4.79 Å². The number of carbonyl (C=O) groups excluding carboxylic acids is 1. The molecule has 1 amide bonds. The third kappa shape index (κ3) is 3.05. The zero-order valence-electron chi connectivity index (χ0n) is 15.5. The number of benzene rings is 1. The van der Waals surface area contributed by atoms with Gasteiger partial charge in [0.2, 0.25) is 5.91 Å². The average Bonchev–Trinajstić information content (AvgIpc) is 2.99. The second kappa shape index (κ2) is 6.48. The smallest absolute Gasteiger partial charge is 0.227 e. The third-order valence-electron chi connectivity index (χ3n) is 5.14. The molecular weight excluding hydrogens is 324 g/mol. The van der Waals surface area contributed by atoms with Crippen molar-refractivity contribution in [2.24, 2.45) is 5.92 Å². The highest BCUT2D eigenvalue weighted by molar-refractivity contribution is 5.93. The number of pyridine rings is 1. The van der Waals surface area contributed by atoms with E-state index in [0.29, 0.717) is 0 Å². The Balaban J connectivity index is 1.52. The second-order valence-electron chi connectivity index (χ2n) is 7.31. The van der Waals surface area contributed by atoms with Gasteiger partial charge in [0.25, 0.3) is 0 Å². The van der Waals surface area contributed by atoms with Crippen molar-refractivity contribution in [1.29, 1.82) is 0 Å². The molecule has 3 aromatic rings. The quantitative estimate of drug-likeness (QED) is 0.789. The van der Waals surface area contributed by atoms with E-state index < -0.39 is 0 Å². The lowest BCUT2D eigenvalue weighted by Crippen LogP contribution is -2.28. The molecular formula is C21H24N4O. The number of aryl methyl sites for hydroxylation is 2. The fraction of sp³-hybridized carbons (Fsp3) is 0.333. The molecule has 0 fully saturated rings. The van der Waals surface area contributed by atoms with Gasteiger partial charge in [0.15, 0.2) is 0 Å². The Morgan fingerprint density at radius 2 is 1.96 bits per heavy atom. The normalized spacial score (nSPS) is 16.3. The number of carbonyl (C=O) groups is 1. The second-order valence-corrected chi connectivity index (χ2v) is 7.31. The number of aromatic nitrogens is 2. The van der Waals surface area contributed by atoms with Gasteiger partial charge in [0, 0.05) is 49.7 Å². The number of hydrogen-bond donors (Lipinski definition) is 1. The molecule has 1 atom stereocenters. The van der Waals surface area contributed by atoms with Crippen LogP contribution in [0.3, 0.4) is 0 Å². The number of imidazole rings is 1. The molecule has 1 aromatic carbocycles. The Morgan fingerprint density at radius 3 is 2.69 bits per heavy atom. The van der Waals surface area contributed by atoms with Crippen LogP contribution in [0.25, 0.3) is 5.65 Å². The van der Waals surface area contributed by atoms with Crippen LogP contribution in [0.5, 0.6) is 0 Å². The summed E-state index contributed by atoms with van der Waals surface area (Å²) in [5, 5.41) is 3.07. The predicted octanol–water partition coefficient (Wildman–Crippen LogP) is 3.45. The first kappa shape index (κ1) is 16.6. The number of rotatable bonds is 3. The molecule has 0 saturated carbocycles. The van der Waals surface area contributed by atoms with Crippen LogP contribution in [0.15, 0.2) is 42.6 Å². The van der Waals surface area contributed by atoms with E-state index in [4.69, 9.17) is 4.98 Å². The fourth-order valence-corrected chi connectivity index (χ4v) is 3.62. The van der Waals surface area contributed by atoms with Gasteiger partial charge in [-0.05, 0) is 55.7 Å². The van der Waals surface area contributed by atoms with E-state index in [9.17, 15) is 4.79 Å². The Kier molecular flexibility index (Phi) is 4.15. The van der Waals surface area contributed by atoms with Crippen LogP contribution in [0, 0.1) is 12.8 Å². The van der Waals surface area contributed by atoms with Gasteiger partial charge in [-0.1, -0.05) is 6.07 Å². The van der Waals surface area contributed by atoms with Gasteiger partial charge in [0.1, 0.15) is 5.65 Å². The maximum Gasteiger partial charge on any atom is 0.227 e. The highest BCUT2D eigenvalue weighted by atomic mass is 16.1. The molecule has 0 spiro atoms. The van der Waals surface area contributed by atoms with Crippen molar-refractivity contribution in [1.82, 2.24) is 9.38 Å². The largest absolute Gasteiger partial charge is 0.378 e. The summed E-state index contributed by atoms with van der Waals surface area (Å²) in [4.78, 5) is 19.5. The standard InChI is InChI=1S/C21H24N4O/c1-14-4-11-20-23-18-10-5-15(12-19(18)25(20)13-14)21(26)22-16-6-8-17(9-7-16)24(2)3/h4,6-9,11,13,15H,5,10,12H2,1-3H3,(H,22,26). The molecule has 5 nitrogen and oxygen atoms in total. The Bertz CT molecular complexity index is 956. The highest BCUT2D eigenvalue weighted by Crippen LogP contribution is 2.28. The molecule has 1 N–H and O–H groups in total. The molecule has 0 radical (unpaired) electrons. The maximum absolute atomic E-state index is 12.8. The van der Waals surface area contributed by atoms with E-state index in [-0.39, 0.29) is 11.8 Å². The summed E-state index contributed by atoms with van der Waals surface area (Å²) in [7, 11) is 4.01. The van der Waals surface area contributed by atoms with E-state index in [0.717, 1.165) is 42.0 Å². The van der Waals surface area contributed by atoms with Gasteiger partial charge in [-0.2, -0.15) is 0 Å².